The molecule has 4 aromatic heterocycles. The van der Waals surface area contributed by atoms with Crippen LogP contribution in [0.3, 0.4) is 0 Å². The Morgan fingerprint density at radius 2 is 1.76 bits per heavy atom. The molecule has 37 heavy (non-hydrogen) atoms. The Morgan fingerprint density at radius 1 is 0.892 bits per heavy atom. The number of fused-ring (bicyclic) bond motifs is 7. The van der Waals surface area contributed by atoms with Gasteiger partial charge in [-0.1, -0.05) is 54.6 Å². The molecule has 0 radical (unpaired) electrons. The first kappa shape index (κ1) is 20.4. The number of ether oxygens (including phenoxy) is 1. The molecule has 5 heterocycles. The normalized spacial score (nSPS) is 14.5. The van der Waals surface area contributed by atoms with Gasteiger partial charge in [0.1, 0.15) is 11.9 Å². The molecule has 0 fully saturated rings. The minimum Gasteiger partial charge on any atom is -0.437 e. The number of thiophene rings is 1. The maximum atomic E-state index is 13.4. The summed E-state index contributed by atoms with van der Waals surface area (Å²) in [5, 5.41) is 9.71. The molecule has 8 heteroatoms. The van der Waals surface area contributed by atoms with Gasteiger partial charge in [0.25, 0.3) is 0 Å². The lowest BCUT2D eigenvalue weighted by Crippen LogP contribution is -2.21. The van der Waals surface area contributed by atoms with Crippen molar-refractivity contribution < 1.29 is 9.15 Å². The van der Waals surface area contributed by atoms with E-state index in [0.717, 1.165) is 26.6 Å². The van der Waals surface area contributed by atoms with E-state index in [-0.39, 0.29) is 0 Å². The van der Waals surface area contributed by atoms with Crippen molar-refractivity contribution in [1.29, 1.82) is 0 Å². The van der Waals surface area contributed by atoms with Gasteiger partial charge in [-0.25, -0.2) is 19.3 Å². The molecular formula is C29H16N4O3S. The van der Waals surface area contributed by atoms with Crippen LogP contribution in [0.1, 0.15) is 21.9 Å². The van der Waals surface area contributed by atoms with Crippen molar-refractivity contribution in [2.75, 3.05) is 0 Å². The largest absolute Gasteiger partial charge is 0.437 e. The van der Waals surface area contributed by atoms with E-state index in [1.165, 1.54) is 0 Å². The predicted molar refractivity (Wildman–Crippen MR) is 142 cm³/mol. The molecule has 1 atom stereocenters. The average molecular weight is 501 g/mol. The van der Waals surface area contributed by atoms with Crippen LogP contribution in [0.5, 0.6) is 11.6 Å². The highest BCUT2D eigenvalue weighted by Crippen LogP contribution is 2.49. The van der Waals surface area contributed by atoms with Crippen LogP contribution in [-0.4, -0.2) is 19.6 Å². The van der Waals surface area contributed by atoms with Crippen molar-refractivity contribution in [1.82, 2.24) is 19.6 Å². The Balaban J connectivity index is 1.40. The van der Waals surface area contributed by atoms with Crippen molar-refractivity contribution in [2.45, 2.75) is 5.92 Å². The van der Waals surface area contributed by atoms with Gasteiger partial charge in [-0.2, -0.15) is 0 Å². The fourth-order valence-corrected chi connectivity index (χ4v) is 5.96. The maximum Gasteiger partial charge on any atom is 0.344 e. The first-order chi connectivity index (χ1) is 18.2. The molecule has 0 spiro atoms. The van der Waals surface area contributed by atoms with Gasteiger partial charge in [0, 0.05) is 10.4 Å². The van der Waals surface area contributed by atoms with Gasteiger partial charge >= 0.3 is 5.63 Å². The van der Waals surface area contributed by atoms with Gasteiger partial charge < -0.3 is 9.15 Å². The zero-order valence-electron chi connectivity index (χ0n) is 19.2. The molecule has 0 aliphatic carbocycles. The van der Waals surface area contributed by atoms with Gasteiger partial charge in [0.05, 0.1) is 22.4 Å². The van der Waals surface area contributed by atoms with E-state index in [2.05, 4.69) is 29.2 Å². The first-order valence-corrected chi connectivity index (χ1v) is 12.6. The van der Waals surface area contributed by atoms with Gasteiger partial charge in [-0.15, -0.1) is 16.4 Å². The lowest BCUT2D eigenvalue weighted by molar-refractivity contribution is 0.423. The van der Waals surface area contributed by atoms with E-state index in [9.17, 15) is 4.79 Å². The van der Waals surface area contributed by atoms with Crippen LogP contribution in [0.25, 0.3) is 38.8 Å². The molecule has 1 aliphatic heterocycles. The minimum absolute atomic E-state index is 0.409. The number of hydrogen-bond donors (Lipinski definition) is 0. The third kappa shape index (κ3) is 2.99. The number of benzene rings is 3. The highest BCUT2D eigenvalue weighted by Gasteiger charge is 2.38. The van der Waals surface area contributed by atoms with Crippen LogP contribution in [-0.2, 0) is 0 Å². The van der Waals surface area contributed by atoms with E-state index in [1.807, 2.05) is 53.9 Å². The predicted octanol–water partition coefficient (Wildman–Crippen LogP) is 6.40. The van der Waals surface area contributed by atoms with E-state index < -0.39 is 11.5 Å². The standard InChI is InChI=1S/C29H16N4O3S/c34-29-23-22(21-10-5-13-37-21)24-27-31-26(18-12-11-16-6-1-2-7-17(16)14-18)32-33(27)15-30-28(24)36-25(23)19-8-3-4-9-20(19)35-29/h1-15,22H. The molecule has 8 rings (SSSR count). The molecule has 176 valence electrons. The Labute approximate surface area is 213 Å². The Kier molecular flexibility index (Phi) is 4.18. The molecule has 0 bridgehead atoms. The highest BCUT2D eigenvalue weighted by atomic mass is 32.1. The highest BCUT2D eigenvalue weighted by molar-refractivity contribution is 7.10. The van der Waals surface area contributed by atoms with E-state index >= 15 is 0 Å². The van der Waals surface area contributed by atoms with Crippen LogP contribution < -0.4 is 10.4 Å². The molecule has 3 aromatic carbocycles. The van der Waals surface area contributed by atoms with Gasteiger partial charge in [0.15, 0.2) is 17.2 Å². The Bertz CT molecular complexity index is 2060. The summed E-state index contributed by atoms with van der Waals surface area (Å²) in [6, 6.07) is 25.7. The maximum absolute atomic E-state index is 13.4. The first-order valence-electron chi connectivity index (χ1n) is 11.8. The number of hydrogen-bond acceptors (Lipinski definition) is 7. The molecule has 7 aromatic rings. The quantitative estimate of drug-likeness (QED) is 0.256. The van der Waals surface area contributed by atoms with Crippen LogP contribution in [0.2, 0.25) is 0 Å². The Morgan fingerprint density at radius 3 is 2.65 bits per heavy atom. The fraction of sp³-hybridized carbons (Fsp3) is 0.0345. The topological polar surface area (TPSA) is 82.5 Å². The zero-order chi connectivity index (χ0) is 24.5. The summed E-state index contributed by atoms with van der Waals surface area (Å²) < 4.78 is 13.7. The summed E-state index contributed by atoms with van der Waals surface area (Å²) in [6.07, 6.45) is 1.61. The Hall–Kier alpha value is -4.82. The number of nitrogens with zero attached hydrogens (tertiary/aromatic N) is 4. The summed E-state index contributed by atoms with van der Waals surface area (Å²) in [6.45, 7) is 0. The summed E-state index contributed by atoms with van der Waals surface area (Å²) in [7, 11) is 0. The lowest BCUT2D eigenvalue weighted by atomic mass is 9.88. The van der Waals surface area contributed by atoms with Gasteiger partial charge in [0.2, 0.25) is 5.88 Å². The van der Waals surface area contributed by atoms with Gasteiger partial charge in [-0.05, 0) is 40.4 Å². The van der Waals surface area contributed by atoms with Crippen molar-refractivity contribution in [2.24, 2.45) is 0 Å². The third-order valence-corrected chi connectivity index (χ3v) is 7.73. The van der Waals surface area contributed by atoms with Crippen molar-refractivity contribution in [3.63, 3.8) is 0 Å². The fourth-order valence-electron chi connectivity index (χ4n) is 5.12. The molecule has 0 saturated heterocycles. The summed E-state index contributed by atoms with van der Waals surface area (Å²) >= 11 is 1.56. The van der Waals surface area contributed by atoms with Crippen LogP contribution in [0, 0.1) is 0 Å². The van der Waals surface area contributed by atoms with Crippen molar-refractivity contribution >= 4 is 38.7 Å². The zero-order valence-corrected chi connectivity index (χ0v) is 20.0. The second-order valence-electron chi connectivity index (χ2n) is 8.91. The van der Waals surface area contributed by atoms with Gasteiger partial charge in [-0.3, -0.25) is 0 Å². The SMILES string of the molecule is O=c1oc2ccccc2c2c1C(c1cccs1)c1c(ncn3nc(-c4ccc5ccccc5c4)nc13)O2. The van der Waals surface area contributed by atoms with Crippen LogP contribution in [0.4, 0.5) is 0 Å². The summed E-state index contributed by atoms with van der Waals surface area (Å²) in [5.74, 6) is 1.00. The van der Waals surface area contributed by atoms with E-state index in [1.54, 1.807) is 28.2 Å². The lowest BCUT2D eigenvalue weighted by Gasteiger charge is -2.26. The molecular weight excluding hydrogens is 484 g/mol. The van der Waals surface area contributed by atoms with E-state index in [4.69, 9.17) is 19.2 Å². The van der Waals surface area contributed by atoms with Crippen LogP contribution >= 0.6 is 11.3 Å². The molecule has 7 nitrogen and oxygen atoms in total. The number of aromatic nitrogens is 4. The second-order valence-corrected chi connectivity index (χ2v) is 9.89. The monoisotopic (exact) mass is 500 g/mol. The third-order valence-electron chi connectivity index (χ3n) is 6.80. The molecule has 0 N–H and O–H groups in total. The minimum atomic E-state index is -0.454. The number of para-hydroxylation sites is 1. The molecule has 0 saturated carbocycles. The summed E-state index contributed by atoms with van der Waals surface area (Å²) in [4.78, 5) is 23.9. The van der Waals surface area contributed by atoms with Crippen molar-refractivity contribution in [3.8, 4) is 23.0 Å². The molecule has 1 unspecified atom stereocenters. The smallest absolute Gasteiger partial charge is 0.344 e. The van der Waals surface area contributed by atoms with E-state index in [0.29, 0.717) is 39.8 Å². The average Bonchev–Trinajstić information content (AvgIpc) is 3.62. The summed E-state index contributed by atoms with van der Waals surface area (Å²) in [5.41, 5.74) is 2.66. The van der Waals surface area contributed by atoms with Crippen molar-refractivity contribution in [3.05, 3.63) is 117 Å². The number of rotatable bonds is 2. The second kappa shape index (κ2) is 7.59. The van der Waals surface area contributed by atoms with Crippen LogP contribution in [0.15, 0.2) is 99.8 Å². The molecule has 1 aliphatic rings. The molecule has 0 amide bonds.